The van der Waals surface area contributed by atoms with Crippen LogP contribution in [0.5, 0.6) is 0 Å². The number of aromatic nitrogens is 2. The molecule has 6 nitrogen and oxygen atoms in total. The fraction of sp³-hybridized carbons (Fsp3) is 0.412. The SMILES string of the molecule is CCc1nnc(CN2C(=O)C[C@](C)(c3ccc(C)cc3)C2=O)o1. The highest BCUT2D eigenvalue weighted by Crippen LogP contribution is 2.37. The Hall–Kier alpha value is -2.50. The van der Waals surface area contributed by atoms with E-state index in [1.54, 1.807) is 0 Å². The lowest BCUT2D eigenvalue weighted by molar-refractivity contribution is -0.140. The minimum absolute atomic E-state index is 0.0338. The summed E-state index contributed by atoms with van der Waals surface area (Å²) in [7, 11) is 0. The zero-order valence-electron chi connectivity index (χ0n) is 13.5. The second kappa shape index (κ2) is 5.61. The van der Waals surface area contributed by atoms with Crippen LogP contribution in [-0.2, 0) is 28.0 Å². The molecule has 1 saturated heterocycles. The number of imide groups is 1. The Bertz CT molecular complexity index is 751. The Labute approximate surface area is 134 Å². The summed E-state index contributed by atoms with van der Waals surface area (Å²) in [4.78, 5) is 26.4. The lowest BCUT2D eigenvalue weighted by atomic mass is 9.81. The number of nitrogens with zero attached hydrogens (tertiary/aromatic N) is 3. The summed E-state index contributed by atoms with van der Waals surface area (Å²) in [5.74, 6) is 0.356. The molecule has 0 N–H and O–H groups in total. The van der Waals surface area contributed by atoms with Crippen LogP contribution < -0.4 is 0 Å². The molecule has 120 valence electrons. The second-order valence-electron chi connectivity index (χ2n) is 6.10. The van der Waals surface area contributed by atoms with Crippen molar-refractivity contribution in [2.24, 2.45) is 0 Å². The van der Waals surface area contributed by atoms with Gasteiger partial charge in [0, 0.05) is 12.8 Å². The Morgan fingerprint density at radius 1 is 1.17 bits per heavy atom. The van der Waals surface area contributed by atoms with Crippen molar-refractivity contribution >= 4 is 11.8 Å². The predicted molar refractivity (Wildman–Crippen MR) is 82.4 cm³/mol. The van der Waals surface area contributed by atoms with Crippen molar-refractivity contribution in [3.8, 4) is 0 Å². The molecule has 0 aliphatic carbocycles. The van der Waals surface area contributed by atoms with Crippen LogP contribution in [0.15, 0.2) is 28.7 Å². The van der Waals surface area contributed by atoms with Gasteiger partial charge in [0.2, 0.25) is 23.6 Å². The van der Waals surface area contributed by atoms with E-state index in [4.69, 9.17) is 4.42 Å². The molecule has 3 rings (SSSR count). The zero-order valence-corrected chi connectivity index (χ0v) is 13.5. The maximum atomic E-state index is 12.8. The van der Waals surface area contributed by atoms with Crippen LogP contribution in [0.4, 0.5) is 0 Å². The molecular weight excluding hydrogens is 294 g/mol. The quantitative estimate of drug-likeness (QED) is 0.808. The number of benzene rings is 1. The van der Waals surface area contributed by atoms with E-state index >= 15 is 0 Å². The van der Waals surface area contributed by atoms with Gasteiger partial charge in [-0.1, -0.05) is 36.8 Å². The van der Waals surface area contributed by atoms with Gasteiger partial charge in [0.25, 0.3) is 0 Å². The summed E-state index contributed by atoms with van der Waals surface area (Å²) in [6.45, 7) is 5.73. The van der Waals surface area contributed by atoms with Gasteiger partial charge in [-0.2, -0.15) is 0 Å². The Morgan fingerprint density at radius 3 is 2.43 bits per heavy atom. The van der Waals surface area contributed by atoms with Crippen LogP contribution in [0.25, 0.3) is 0 Å². The van der Waals surface area contributed by atoms with Crippen molar-refractivity contribution in [3.05, 3.63) is 47.2 Å². The fourth-order valence-electron chi connectivity index (χ4n) is 2.82. The molecule has 1 aliphatic heterocycles. The fourth-order valence-corrected chi connectivity index (χ4v) is 2.82. The second-order valence-corrected chi connectivity index (χ2v) is 6.10. The topological polar surface area (TPSA) is 76.3 Å². The van der Waals surface area contributed by atoms with Crippen LogP contribution >= 0.6 is 0 Å². The number of hydrogen-bond donors (Lipinski definition) is 0. The van der Waals surface area contributed by atoms with E-state index < -0.39 is 5.41 Å². The van der Waals surface area contributed by atoms with Crippen LogP contribution in [0, 0.1) is 6.92 Å². The summed E-state index contributed by atoms with van der Waals surface area (Å²) < 4.78 is 5.41. The summed E-state index contributed by atoms with van der Waals surface area (Å²) in [5.41, 5.74) is 1.13. The van der Waals surface area contributed by atoms with E-state index in [0.717, 1.165) is 11.1 Å². The van der Waals surface area contributed by atoms with E-state index in [-0.39, 0.29) is 30.7 Å². The van der Waals surface area contributed by atoms with Gasteiger partial charge in [-0.25, -0.2) is 0 Å². The number of aryl methyl sites for hydroxylation is 2. The number of carbonyl (C=O) groups excluding carboxylic acids is 2. The number of carbonyl (C=O) groups is 2. The van der Waals surface area contributed by atoms with Crippen molar-refractivity contribution in [3.63, 3.8) is 0 Å². The molecular formula is C17H19N3O3. The third-order valence-electron chi connectivity index (χ3n) is 4.32. The molecule has 23 heavy (non-hydrogen) atoms. The van der Waals surface area contributed by atoms with Gasteiger partial charge in [-0.3, -0.25) is 14.5 Å². The first-order valence-electron chi connectivity index (χ1n) is 7.67. The minimum atomic E-state index is -0.835. The predicted octanol–water partition coefficient (Wildman–Crippen LogP) is 2.16. The van der Waals surface area contributed by atoms with Crippen molar-refractivity contribution in [2.75, 3.05) is 0 Å². The third kappa shape index (κ3) is 2.65. The van der Waals surface area contributed by atoms with E-state index in [1.165, 1.54) is 4.90 Å². The highest BCUT2D eigenvalue weighted by molar-refractivity contribution is 6.08. The summed E-state index contributed by atoms with van der Waals surface area (Å²) >= 11 is 0. The molecule has 2 aromatic rings. The average Bonchev–Trinajstić information content (AvgIpc) is 3.07. The molecule has 0 unspecified atom stereocenters. The Balaban J connectivity index is 1.85. The molecule has 6 heteroatoms. The standard InChI is InChI=1S/C17H19N3O3/c1-4-13-18-19-14(23-13)10-20-15(21)9-17(3,16(20)22)12-7-5-11(2)6-8-12/h5-8H,4,9-10H2,1-3H3/t17-/m1/s1. The Morgan fingerprint density at radius 2 is 1.83 bits per heavy atom. The van der Waals surface area contributed by atoms with E-state index in [0.29, 0.717) is 12.3 Å². The molecule has 0 bridgehead atoms. The average molecular weight is 313 g/mol. The highest BCUT2D eigenvalue weighted by Gasteiger charge is 2.49. The minimum Gasteiger partial charge on any atom is -0.423 e. The first kappa shape index (κ1) is 15.4. The maximum Gasteiger partial charge on any atom is 0.240 e. The molecule has 1 fully saturated rings. The van der Waals surface area contributed by atoms with Crippen molar-refractivity contribution in [2.45, 2.75) is 45.6 Å². The van der Waals surface area contributed by atoms with Gasteiger partial charge in [-0.15, -0.1) is 10.2 Å². The highest BCUT2D eigenvalue weighted by atomic mass is 16.4. The lowest BCUT2D eigenvalue weighted by Crippen LogP contribution is -2.36. The van der Waals surface area contributed by atoms with Crippen molar-refractivity contribution in [1.82, 2.24) is 15.1 Å². The van der Waals surface area contributed by atoms with Crippen molar-refractivity contribution < 1.29 is 14.0 Å². The number of amides is 2. The van der Waals surface area contributed by atoms with Gasteiger partial charge in [-0.05, 0) is 19.4 Å². The number of rotatable bonds is 4. The first-order valence-corrected chi connectivity index (χ1v) is 7.67. The van der Waals surface area contributed by atoms with Crippen LogP contribution in [0.3, 0.4) is 0 Å². The maximum absolute atomic E-state index is 12.8. The lowest BCUT2D eigenvalue weighted by Gasteiger charge is -2.22. The Kier molecular flexibility index (Phi) is 3.75. The van der Waals surface area contributed by atoms with E-state index in [9.17, 15) is 9.59 Å². The van der Waals surface area contributed by atoms with Crippen LogP contribution in [-0.4, -0.2) is 26.9 Å². The largest absolute Gasteiger partial charge is 0.423 e. The molecule has 2 amide bonds. The molecule has 1 aliphatic rings. The van der Waals surface area contributed by atoms with Crippen LogP contribution in [0.1, 0.15) is 43.2 Å². The van der Waals surface area contributed by atoms with Crippen molar-refractivity contribution in [1.29, 1.82) is 0 Å². The normalized spacial score (nSPS) is 21.3. The summed E-state index contributed by atoms with van der Waals surface area (Å²) in [6, 6.07) is 7.72. The molecule has 0 spiro atoms. The molecule has 1 aromatic carbocycles. The third-order valence-corrected chi connectivity index (χ3v) is 4.32. The molecule has 2 heterocycles. The number of likely N-dealkylation sites (tertiary alicyclic amines) is 1. The van der Waals surface area contributed by atoms with E-state index in [2.05, 4.69) is 10.2 Å². The molecule has 0 radical (unpaired) electrons. The first-order chi connectivity index (χ1) is 10.9. The number of hydrogen-bond acceptors (Lipinski definition) is 5. The van der Waals surface area contributed by atoms with Gasteiger partial charge >= 0.3 is 0 Å². The molecule has 1 aromatic heterocycles. The summed E-state index contributed by atoms with van der Waals surface area (Å²) in [5, 5.41) is 7.75. The smallest absolute Gasteiger partial charge is 0.240 e. The van der Waals surface area contributed by atoms with Gasteiger partial charge < -0.3 is 4.42 Å². The summed E-state index contributed by atoms with van der Waals surface area (Å²) in [6.07, 6.45) is 0.777. The van der Waals surface area contributed by atoms with Gasteiger partial charge in [0.05, 0.1) is 5.41 Å². The van der Waals surface area contributed by atoms with Crippen LogP contribution in [0.2, 0.25) is 0 Å². The monoisotopic (exact) mass is 313 g/mol. The van der Waals surface area contributed by atoms with Gasteiger partial charge in [0.1, 0.15) is 6.54 Å². The molecule has 1 atom stereocenters. The molecule has 0 saturated carbocycles. The van der Waals surface area contributed by atoms with Gasteiger partial charge in [0.15, 0.2) is 0 Å². The zero-order chi connectivity index (χ0) is 16.6. The van der Waals surface area contributed by atoms with E-state index in [1.807, 2.05) is 45.0 Å².